The Kier molecular flexibility index (Phi) is 6.52. The molecule has 10 nitrogen and oxygen atoms in total. The molecule has 1 heterocycles. The number of rotatable bonds is 5. The van der Waals surface area contributed by atoms with Gasteiger partial charge in [-0.15, -0.1) is 0 Å². The highest BCUT2D eigenvalue weighted by Gasteiger charge is 2.29. The van der Waals surface area contributed by atoms with Gasteiger partial charge in [-0.3, -0.25) is 10.1 Å². The summed E-state index contributed by atoms with van der Waals surface area (Å²) in [4.78, 5) is 34.5. The van der Waals surface area contributed by atoms with Gasteiger partial charge in [0.05, 0.1) is 23.7 Å². The lowest BCUT2D eigenvalue weighted by molar-refractivity contribution is -0.127. The Morgan fingerprint density at radius 2 is 1.89 bits per heavy atom. The summed E-state index contributed by atoms with van der Waals surface area (Å²) in [6.45, 7) is 3.92. The number of carbonyl (C=O) groups is 3. The molecule has 1 saturated heterocycles. The first kappa shape index (κ1) is 20.8. The zero-order valence-corrected chi connectivity index (χ0v) is 15.7. The summed E-state index contributed by atoms with van der Waals surface area (Å²) >= 11 is 0. The summed E-state index contributed by atoms with van der Waals surface area (Å²) < 4.78 is 37.1. The molecular formula is C16H21N3O7S. The molecule has 0 aliphatic carbocycles. The lowest BCUT2D eigenvalue weighted by atomic mass is 10.1. The van der Waals surface area contributed by atoms with E-state index in [2.05, 4.69) is 0 Å². The lowest BCUT2D eigenvalue weighted by Gasteiger charge is -2.26. The van der Waals surface area contributed by atoms with Gasteiger partial charge in [0.1, 0.15) is 0 Å². The van der Waals surface area contributed by atoms with E-state index in [1.165, 1.54) is 29.4 Å². The number of nitrogens with one attached hydrogen (secondary N) is 1. The third-order valence-corrected chi connectivity index (χ3v) is 5.95. The van der Waals surface area contributed by atoms with Gasteiger partial charge in [0.15, 0.2) is 6.10 Å². The second kappa shape index (κ2) is 8.46. The molecule has 2 rings (SSSR count). The molecule has 0 bridgehead atoms. The molecule has 1 fully saturated rings. The van der Waals surface area contributed by atoms with Crippen molar-refractivity contribution in [2.24, 2.45) is 5.73 Å². The van der Waals surface area contributed by atoms with Crippen molar-refractivity contribution in [3.63, 3.8) is 0 Å². The number of amides is 3. The molecule has 1 aromatic rings. The number of ether oxygens (including phenoxy) is 2. The Morgan fingerprint density at radius 1 is 1.26 bits per heavy atom. The molecule has 0 radical (unpaired) electrons. The van der Waals surface area contributed by atoms with E-state index in [1.807, 2.05) is 0 Å². The summed E-state index contributed by atoms with van der Waals surface area (Å²) in [6, 6.07) is 3.02. The molecule has 0 spiro atoms. The van der Waals surface area contributed by atoms with Gasteiger partial charge in [0.2, 0.25) is 10.0 Å². The summed E-state index contributed by atoms with van der Waals surface area (Å²) in [5.41, 5.74) is 5.27. The van der Waals surface area contributed by atoms with Crippen molar-refractivity contribution >= 4 is 27.9 Å². The van der Waals surface area contributed by atoms with Gasteiger partial charge in [0, 0.05) is 13.1 Å². The highest BCUT2D eigenvalue weighted by molar-refractivity contribution is 7.89. The highest BCUT2D eigenvalue weighted by Crippen LogP contribution is 2.23. The predicted octanol–water partition coefficient (Wildman–Crippen LogP) is -0.244. The Bertz CT molecular complexity index is 848. The van der Waals surface area contributed by atoms with Crippen molar-refractivity contribution in [2.45, 2.75) is 24.8 Å². The van der Waals surface area contributed by atoms with Crippen LogP contribution in [0.4, 0.5) is 4.79 Å². The van der Waals surface area contributed by atoms with E-state index in [0.717, 1.165) is 0 Å². The van der Waals surface area contributed by atoms with Gasteiger partial charge < -0.3 is 15.2 Å². The van der Waals surface area contributed by atoms with E-state index < -0.39 is 34.0 Å². The molecule has 0 aromatic heterocycles. The van der Waals surface area contributed by atoms with Crippen LogP contribution in [-0.4, -0.2) is 63.0 Å². The van der Waals surface area contributed by atoms with E-state index in [9.17, 15) is 22.8 Å². The smallest absolute Gasteiger partial charge is 0.338 e. The summed E-state index contributed by atoms with van der Waals surface area (Å²) in [7, 11) is -3.80. The van der Waals surface area contributed by atoms with Gasteiger partial charge in [-0.1, -0.05) is 6.07 Å². The van der Waals surface area contributed by atoms with E-state index in [0.29, 0.717) is 18.8 Å². The summed E-state index contributed by atoms with van der Waals surface area (Å²) in [5.74, 6) is -1.79. The van der Waals surface area contributed by atoms with Crippen molar-refractivity contribution in [1.29, 1.82) is 0 Å². The fourth-order valence-electron chi connectivity index (χ4n) is 2.44. The Balaban J connectivity index is 2.22. The monoisotopic (exact) mass is 399 g/mol. The largest absolute Gasteiger partial charge is 0.449 e. The Labute approximate surface area is 156 Å². The molecule has 1 aliphatic rings. The average Bonchev–Trinajstić information content (AvgIpc) is 2.61. The molecule has 1 atom stereocenters. The first-order valence-corrected chi connectivity index (χ1v) is 9.56. The van der Waals surface area contributed by atoms with Crippen LogP contribution in [0.2, 0.25) is 0 Å². The van der Waals surface area contributed by atoms with Crippen LogP contribution in [0.5, 0.6) is 0 Å². The number of primary amides is 1. The third kappa shape index (κ3) is 5.02. The van der Waals surface area contributed by atoms with E-state index in [1.54, 1.807) is 12.2 Å². The van der Waals surface area contributed by atoms with E-state index in [4.69, 9.17) is 15.2 Å². The molecule has 3 N–H and O–H groups in total. The van der Waals surface area contributed by atoms with Gasteiger partial charge in [-0.2, -0.15) is 4.31 Å². The molecule has 1 aromatic carbocycles. The number of morpholine rings is 1. The minimum atomic E-state index is -3.80. The second-order valence-corrected chi connectivity index (χ2v) is 7.80. The zero-order valence-electron chi connectivity index (χ0n) is 14.9. The maximum Gasteiger partial charge on any atom is 0.338 e. The van der Waals surface area contributed by atoms with Crippen LogP contribution in [0.25, 0.3) is 0 Å². The molecule has 11 heteroatoms. The number of nitrogens with zero attached hydrogens (tertiary/aromatic N) is 1. The molecule has 148 valence electrons. The fourth-order valence-corrected chi connectivity index (χ4v) is 4.09. The minimum Gasteiger partial charge on any atom is -0.449 e. The van der Waals surface area contributed by atoms with Crippen LogP contribution in [0, 0.1) is 6.92 Å². The molecular weight excluding hydrogens is 378 g/mol. The molecule has 1 unspecified atom stereocenters. The van der Waals surface area contributed by atoms with Crippen molar-refractivity contribution < 1.29 is 32.3 Å². The first-order chi connectivity index (χ1) is 12.6. The van der Waals surface area contributed by atoms with Crippen LogP contribution in [0.15, 0.2) is 23.1 Å². The van der Waals surface area contributed by atoms with Crippen molar-refractivity contribution in [1.82, 2.24) is 9.62 Å². The number of urea groups is 1. The number of imide groups is 1. The number of esters is 1. The van der Waals surface area contributed by atoms with Crippen molar-refractivity contribution in [2.75, 3.05) is 26.3 Å². The van der Waals surface area contributed by atoms with Gasteiger partial charge in [-0.25, -0.2) is 18.0 Å². The standard InChI is InChI=1S/C16H21N3O7S/c1-10-3-4-12(15(21)26-11(2)14(20)18-16(17)22)9-13(10)27(23,24)19-5-7-25-8-6-19/h3-4,9,11H,5-8H2,1-2H3,(H3,17,18,20,22). The quantitative estimate of drug-likeness (QED) is 0.650. The summed E-state index contributed by atoms with van der Waals surface area (Å²) in [6.07, 6.45) is -1.29. The maximum atomic E-state index is 12.8. The van der Waals surface area contributed by atoms with Crippen molar-refractivity contribution in [3.05, 3.63) is 29.3 Å². The number of hydrogen-bond donors (Lipinski definition) is 2. The number of benzene rings is 1. The van der Waals surface area contributed by atoms with Crippen LogP contribution >= 0.6 is 0 Å². The third-order valence-electron chi connectivity index (χ3n) is 3.91. The fraction of sp³-hybridized carbons (Fsp3) is 0.438. The van der Waals surface area contributed by atoms with Crippen LogP contribution < -0.4 is 11.1 Å². The van der Waals surface area contributed by atoms with Crippen LogP contribution in [0.1, 0.15) is 22.8 Å². The van der Waals surface area contributed by atoms with Crippen LogP contribution in [-0.2, 0) is 24.3 Å². The number of carbonyl (C=O) groups excluding carboxylic acids is 3. The number of hydrogen-bond acceptors (Lipinski definition) is 7. The molecule has 1 aliphatic heterocycles. The molecule has 3 amide bonds. The lowest BCUT2D eigenvalue weighted by Crippen LogP contribution is -2.42. The highest BCUT2D eigenvalue weighted by atomic mass is 32.2. The number of sulfonamides is 1. The normalized spacial score (nSPS) is 16.4. The second-order valence-electron chi connectivity index (χ2n) is 5.90. The molecule has 0 saturated carbocycles. The predicted molar refractivity (Wildman–Crippen MR) is 93.4 cm³/mol. The minimum absolute atomic E-state index is 0.0203. The zero-order chi connectivity index (χ0) is 20.2. The first-order valence-electron chi connectivity index (χ1n) is 8.12. The summed E-state index contributed by atoms with van der Waals surface area (Å²) in [5, 5.41) is 1.80. The van der Waals surface area contributed by atoms with E-state index in [-0.39, 0.29) is 23.5 Å². The average molecular weight is 399 g/mol. The SMILES string of the molecule is Cc1ccc(C(=O)OC(C)C(=O)NC(N)=O)cc1S(=O)(=O)N1CCOCC1. The van der Waals surface area contributed by atoms with Crippen LogP contribution in [0.3, 0.4) is 0 Å². The van der Waals surface area contributed by atoms with Gasteiger partial charge >= 0.3 is 12.0 Å². The van der Waals surface area contributed by atoms with E-state index >= 15 is 0 Å². The topological polar surface area (TPSA) is 145 Å². The Hall–Kier alpha value is -2.50. The maximum absolute atomic E-state index is 12.8. The van der Waals surface area contributed by atoms with Gasteiger partial charge in [0.25, 0.3) is 5.91 Å². The Morgan fingerprint density at radius 3 is 2.48 bits per heavy atom. The number of nitrogens with two attached hydrogens (primary N) is 1. The number of aryl methyl sites for hydroxylation is 1. The van der Waals surface area contributed by atoms with Crippen molar-refractivity contribution in [3.8, 4) is 0 Å². The van der Waals surface area contributed by atoms with Gasteiger partial charge in [-0.05, 0) is 31.5 Å². The molecule has 27 heavy (non-hydrogen) atoms.